The molecule has 1 unspecified atom stereocenters. The van der Waals surface area contributed by atoms with Crippen LogP contribution in [0.5, 0.6) is 0 Å². The minimum absolute atomic E-state index is 0. The molecular weight excluding hydrogens is 293 g/mol. The zero-order valence-electron chi connectivity index (χ0n) is 11.6. The largest absolute Gasteiger partial charge is 0.465 e. The molecule has 0 heterocycles. The number of carbonyl (C=O) groups excluding carboxylic acids is 1. The summed E-state index contributed by atoms with van der Waals surface area (Å²) < 4.78 is 34.9. The van der Waals surface area contributed by atoms with Crippen LogP contribution < -0.4 is 5.73 Å². The van der Waals surface area contributed by atoms with Crippen molar-refractivity contribution in [2.24, 2.45) is 5.73 Å². The van der Waals surface area contributed by atoms with Crippen molar-refractivity contribution in [2.75, 3.05) is 6.61 Å². The van der Waals surface area contributed by atoms with E-state index in [-0.39, 0.29) is 36.2 Å². The van der Waals surface area contributed by atoms with Gasteiger partial charge in [0.15, 0.2) is 0 Å². The quantitative estimate of drug-likeness (QED) is 0.439. The van der Waals surface area contributed by atoms with Gasteiger partial charge in [-0.1, -0.05) is 24.3 Å². The average molecular weight is 310 g/mol. The van der Waals surface area contributed by atoms with E-state index in [1.54, 1.807) is 31.2 Å². The summed E-state index contributed by atoms with van der Waals surface area (Å²) in [4.78, 5) is 11.3. The standard InChI is InChI=1S/C12H17NO5S.Na/c1-2-18-12(14)11(13)7-9-3-5-10(6-4-9)8-19(15,16)17;/h3-6,11H,2,7-8,13H2,1H3,(H,15,16,17);. The van der Waals surface area contributed by atoms with Crippen LogP contribution in [0.1, 0.15) is 18.1 Å². The minimum atomic E-state index is -4.03. The number of hydrogen-bond donors (Lipinski definition) is 2. The monoisotopic (exact) mass is 310 g/mol. The van der Waals surface area contributed by atoms with Gasteiger partial charge in [0.2, 0.25) is 0 Å². The van der Waals surface area contributed by atoms with Crippen molar-refractivity contribution in [3.05, 3.63) is 35.4 Å². The Labute approximate surface area is 140 Å². The second-order valence-corrected chi connectivity index (χ2v) is 5.56. The van der Waals surface area contributed by atoms with Gasteiger partial charge >= 0.3 is 5.97 Å². The molecule has 1 aromatic rings. The van der Waals surface area contributed by atoms with E-state index in [2.05, 4.69) is 0 Å². The Bertz CT molecular complexity index is 529. The van der Waals surface area contributed by atoms with Gasteiger partial charge in [0, 0.05) is 29.6 Å². The van der Waals surface area contributed by atoms with E-state index in [0.29, 0.717) is 12.0 Å². The van der Waals surface area contributed by atoms with E-state index in [1.165, 1.54) is 0 Å². The predicted octanol–water partition coefficient (Wildman–Crippen LogP) is 0.127. The van der Waals surface area contributed by atoms with Crippen LogP contribution in [0, 0.1) is 0 Å². The number of nitrogens with two attached hydrogens (primary N) is 1. The van der Waals surface area contributed by atoms with E-state index in [9.17, 15) is 13.2 Å². The summed E-state index contributed by atoms with van der Waals surface area (Å²) in [5.74, 6) is -0.901. The molecule has 0 aliphatic rings. The van der Waals surface area contributed by atoms with Gasteiger partial charge in [-0.3, -0.25) is 9.35 Å². The van der Waals surface area contributed by atoms with Crippen molar-refractivity contribution in [1.82, 2.24) is 0 Å². The second kappa shape index (κ2) is 8.76. The number of carbonyl (C=O) groups is 1. The van der Waals surface area contributed by atoms with E-state index in [0.717, 1.165) is 5.56 Å². The third-order valence-corrected chi connectivity index (χ3v) is 3.12. The van der Waals surface area contributed by atoms with Crippen molar-refractivity contribution >= 4 is 45.6 Å². The summed E-state index contributed by atoms with van der Waals surface area (Å²) in [6, 6.07) is 5.73. The summed E-state index contributed by atoms with van der Waals surface area (Å²) in [5, 5.41) is 0. The first-order chi connectivity index (χ1) is 8.81. The Kier molecular flexibility index (Phi) is 8.57. The fourth-order valence-corrected chi connectivity index (χ4v) is 2.18. The van der Waals surface area contributed by atoms with Crippen LogP contribution in [0.15, 0.2) is 24.3 Å². The number of esters is 1. The number of benzene rings is 1. The Balaban J connectivity index is 0.00000361. The topological polar surface area (TPSA) is 107 Å². The van der Waals surface area contributed by atoms with Gasteiger partial charge in [0.25, 0.3) is 10.1 Å². The molecule has 0 saturated heterocycles. The van der Waals surface area contributed by atoms with E-state index >= 15 is 0 Å². The van der Waals surface area contributed by atoms with Gasteiger partial charge in [0.05, 0.1) is 6.61 Å². The van der Waals surface area contributed by atoms with E-state index < -0.39 is 27.9 Å². The smallest absolute Gasteiger partial charge is 0.323 e. The third-order valence-electron chi connectivity index (χ3n) is 2.42. The molecule has 3 N–H and O–H groups in total. The molecule has 20 heavy (non-hydrogen) atoms. The summed E-state index contributed by atoms with van der Waals surface area (Å²) >= 11 is 0. The summed E-state index contributed by atoms with van der Waals surface area (Å²) in [5.41, 5.74) is 6.92. The van der Waals surface area contributed by atoms with Crippen molar-refractivity contribution in [3.8, 4) is 0 Å². The number of ether oxygens (including phenoxy) is 1. The van der Waals surface area contributed by atoms with Gasteiger partial charge in [-0.15, -0.1) is 0 Å². The molecule has 0 aromatic heterocycles. The zero-order chi connectivity index (χ0) is 14.5. The molecule has 0 aliphatic heterocycles. The number of rotatable bonds is 6. The Morgan fingerprint density at radius 1 is 1.30 bits per heavy atom. The Morgan fingerprint density at radius 3 is 2.25 bits per heavy atom. The van der Waals surface area contributed by atoms with Gasteiger partial charge in [-0.25, -0.2) is 0 Å². The Hall–Kier alpha value is -0.440. The summed E-state index contributed by atoms with van der Waals surface area (Å²) in [6.45, 7) is 1.98. The second-order valence-electron chi connectivity index (χ2n) is 4.11. The van der Waals surface area contributed by atoms with Gasteiger partial charge in [0.1, 0.15) is 11.8 Å². The van der Waals surface area contributed by atoms with Gasteiger partial charge in [-0.05, 0) is 24.5 Å². The minimum Gasteiger partial charge on any atom is -0.465 e. The SMILES string of the molecule is CCOC(=O)C(N)Cc1ccc(CS(=O)(=O)O)cc1.[Na]. The van der Waals surface area contributed by atoms with Crippen LogP contribution in [-0.4, -0.2) is 61.1 Å². The van der Waals surface area contributed by atoms with Crippen LogP contribution in [0.25, 0.3) is 0 Å². The van der Waals surface area contributed by atoms with Crippen LogP contribution in [0.3, 0.4) is 0 Å². The van der Waals surface area contributed by atoms with Crippen molar-refractivity contribution < 1.29 is 22.5 Å². The van der Waals surface area contributed by atoms with Gasteiger partial charge < -0.3 is 10.5 Å². The molecule has 0 bridgehead atoms. The molecular formula is C12H17NNaO5S. The fraction of sp³-hybridized carbons (Fsp3) is 0.417. The maximum atomic E-state index is 11.3. The summed E-state index contributed by atoms with van der Waals surface area (Å²) in [6.07, 6.45) is 0.311. The molecule has 1 aromatic carbocycles. The first-order valence-corrected chi connectivity index (χ1v) is 7.38. The molecule has 0 saturated carbocycles. The van der Waals surface area contributed by atoms with E-state index in [1.807, 2.05) is 0 Å². The molecule has 0 amide bonds. The van der Waals surface area contributed by atoms with Crippen LogP contribution in [0.2, 0.25) is 0 Å². The molecule has 0 spiro atoms. The maximum absolute atomic E-state index is 11.3. The van der Waals surface area contributed by atoms with Crippen LogP contribution in [0.4, 0.5) is 0 Å². The molecule has 1 radical (unpaired) electrons. The molecule has 0 fully saturated rings. The maximum Gasteiger partial charge on any atom is 0.323 e. The zero-order valence-corrected chi connectivity index (χ0v) is 14.4. The first kappa shape index (κ1) is 19.6. The predicted molar refractivity (Wildman–Crippen MR) is 75.8 cm³/mol. The molecule has 0 aliphatic carbocycles. The fourth-order valence-electron chi connectivity index (χ4n) is 1.57. The first-order valence-electron chi connectivity index (χ1n) is 5.77. The molecule has 8 heteroatoms. The summed E-state index contributed by atoms with van der Waals surface area (Å²) in [7, 11) is -4.03. The number of hydrogen-bond acceptors (Lipinski definition) is 5. The molecule has 1 atom stereocenters. The van der Waals surface area contributed by atoms with Gasteiger partial charge in [-0.2, -0.15) is 8.42 Å². The third kappa shape index (κ3) is 7.37. The Morgan fingerprint density at radius 2 is 1.80 bits per heavy atom. The molecule has 1 rings (SSSR count). The average Bonchev–Trinajstić information content (AvgIpc) is 2.30. The van der Waals surface area contributed by atoms with E-state index in [4.69, 9.17) is 15.0 Å². The van der Waals surface area contributed by atoms with Crippen LogP contribution >= 0.6 is 0 Å². The van der Waals surface area contributed by atoms with Crippen molar-refractivity contribution in [3.63, 3.8) is 0 Å². The normalized spacial score (nSPS) is 12.3. The van der Waals surface area contributed by atoms with Crippen LogP contribution in [-0.2, 0) is 31.8 Å². The van der Waals surface area contributed by atoms with Crippen molar-refractivity contribution in [2.45, 2.75) is 25.1 Å². The van der Waals surface area contributed by atoms with Crippen molar-refractivity contribution in [1.29, 1.82) is 0 Å². The molecule has 6 nitrogen and oxygen atoms in total. The molecule has 107 valence electrons.